The van der Waals surface area contributed by atoms with Crippen LogP contribution in [0.5, 0.6) is 11.5 Å². The zero-order valence-electron chi connectivity index (χ0n) is 12.2. The molecule has 2 heterocycles. The Morgan fingerprint density at radius 1 is 1.41 bits per heavy atom. The number of hydrogen-bond acceptors (Lipinski definition) is 5. The number of fused-ring (bicyclic) bond motifs is 1. The number of carbonyl (C=O) groups excluding carboxylic acids is 1. The van der Waals surface area contributed by atoms with E-state index in [-0.39, 0.29) is 12.1 Å². The Kier molecular flexibility index (Phi) is 4.08. The van der Waals surface area contributed by atoms with Crippen LogP contribution < -0.4 is 20.1 Å². The van der Waals surface area contributed by atoms with Crippen molar-refractivity contribution in [3.8, 4) is 11.5 Å². The predicted octanol–water partition coefficient (Wildman–Crippen LogP) is 1.26. The van der Waals surface area contributed by atoms with E-state index in [4.69, 9.17) is 9.47 Å². The number of nitrogens with one attached hydrogen (secondary N) is 2. The summed E-state index contributed by atoms with van der Waals surface area (Å²) in [5.74, 6) is 1.82. The van der Waals surface area contributed by atoms with E-state index >= 15 is 0 Å². The topological polar surface area (TPSA) is 90.3 Å². The minimum atomic E-state index is -0.356. The Hall–Kier alpha value is -2.77. The molecular weight excluding hydrogens is 286 g/mol. The number of aromatic nitrogens is 3. The molecule has 116 valence electrons. The van der Waals surface area contributed by atoms with Crippen molar-refractivity contribution in [1.29, 1.82) is 0 Å². The van der Waals surface area contributed by atoms with E-state index in [1.54, 1.807) is 10.9 Å². The van der Waals surface area contributed by atoms with Crippen molar-refractivity contribution in [2.45, 2.75) is 19.6 Å². The third kappa shape index (κ3) is 3.27. The first-order valence-corrected chi connectivity index (χ1v) is 7.08. The standard InChI is InChI=1S/C14H17N5O3/c1-2-19-8-13(17-18-19)16-14(20)15-7-10-9-21-11-5-3-4-6-12(11)22-10/h3-6,8,10H,2,7,9H2,1H3,(H2,15,16,20)/t10-/m1/s1. The lowest BCUT2D eigenvalue weighted by Gasteiger charge is -2.26. The monoisotopic (exact) mass is 303 g/mol. The van der Waals surface area contributed by atoms with E-state index in [0.29, 0.717) is 31.3 Å². The summed E-state index contributed by atoms with van der Waals surface area (Å²) in [6.07, 6.45) is 1.43. The zero-order valence-corrected chi connectivity index (χ0v) is 12.2. The third-order valence-corrected chi connectivity index (χ3v) is 3.16. The van der Waals surface area contributed by atoms with Crippen LogP contribution in [0.2, 0.25) is 0 Å². The molecule has 1 atom stereocenters. The molecule has 2 N–H and O–H groups in total. The number of anilines is 1. The molecule has 1 aliphatic rings. The van der Waals surface area contributed by atoms with Gasteiger partial charge in [-0.1, -0.05) is 17.3 Å². The maximum absolute atomic E-state index is 11.8. The van der Waals surface area contributed by atoms with E-state index in [0.717, 1.165) is 5.75 Å². The first-order chi connectivity index (χ1) is 10.7. The van der Waals surface area contributed by atoms with Crippen LogP contribution in [0.4, 0.5) is 10.6 Å². The van der Waals surface area contributed by atoms with Crippen molar-refractivity contribution in [3.05, 3.63) is 30.5 Å². The number of carbonyl (C=O) groups is 1. The van der Waals surface area contributed by atoms with Gasteiger partial charge >= 0.3 is 6.03 Å². The number of aryl methyl sites for hydroxylation is 1. The fourth-order valence-corrected chi connectivity index (χ4v) is 2.04. The number of nitrogens with zero attached hydrogens (tertiary/aromatic N) is 3. The second-order valence-corrected chi connectivity index (χ2v) is 4.79. The number of benzene rings is 1. The minimum absolute atomic E-state index is 0.230. The normalized spacial score (nSPS) is 16.1. The number of para-hydroxylation sites is 2. The molecule has 8 heteroatoms. The highest BCUT2D eigenvalue weighted by Crippen LogP contribution is 2.30. The lowest BCUT2D eigenvalue weighted by Crippen LogP contribution is -2.42. The first kappa shape index (κ1) is 14.2. The second-order valence-electron chi connectivity index (χ2n) is 4.79. The number of hydrogen-bond donors (Lipinski definition) is 2. The molecule has 22 heavy (non-hydrogen) atoms. The van der Waals surface area contributed by atoms with Gasteiger partial charge in [0.25, 0.3) is 0 Å². The van der Waals surface area contributed by atoms with Crippen molar-refractivity contribution < 1.29 is 14.3 Å². The van der Waals surface area contributed by atoms with E-state index in [2.05, 4.69) is 20.9 Å². The summed E-state index contributed by atoms with van der Waals surface area (Å²) in [4.78, 5) is 11.8. The van der Waals surface area contributed by atoms with Crippen LogP contribution >= 0.6 is 0 Å². The van der Waals surface area contributed by atoms with Crippen molar-refractivity contribution in [3.63, 3.8) is 0 Å². The van der Waals surface area contributed by atoms with Gasteiger partial charge in [0.05, 0.1) is 12.7 Å². The van der Waals surface area contributed by atoms with Crippen LogP contribution in [-0.2, 0) is 6.54 Å². The molecule has 1 aromatic carbocycles. The van der Waals surface area contributed by atoms with Crippen LogP contribution in [0.15, 0.2) is 30.5 Å². The summed E-state index contributed by atoms with van der Waals surface area (Å²) < 4.78 is 13.0. The van der Waals surface area contributed by atoms with Crippen molar-refractivity contribution in [2.75, 3.05) is 18.5 Å². The highest BCUT2D eigenvalue weighted by molar-refractivity contribution is 5.87. The van der Waals surface area contributed by atoms with Crippen LogP contribution in [0.3, 0.4) is 0 Å². The van der Waals surface area contributed by atoms with Gasteiger partial charge in [0, 0.05) is 6.54 Å². The summed E-state index contributed by atoms with van der Waals surface area (Å²) in [5, 5.41) is 13.0. The molecule has 8 nitrogen and oxygen atoms in total. The molecule has 0 aliphatic carbocycles. The molecule has 3 rings (SSSR count). The maximum Gasteiger partial charge on any atom is 0.320 e. The number of rotatable bonds is 4. The van der Waals surface area contributed by atoms with Gasteiger partial charge in [-0.2, -0.15) is 0 Å². The maximum atomic E-state index is 11.8. The van der Waals surface area contributed by atoms with Gasteiger partial charge in [-0.15, -0.1) is 5.10 Å². The van der Waals surface area contributed by atoms with Gasteiger partial charge in [-0.25, -0.2) is 4.79 Å². The highest BCUT2D eigenvalue weighted by atomic mass is 16.6. The van der Waals surface area contributed by atoms with Crippen LogP contribution in [0.25, 0.3) is 0 Å². The summed E-state index contributed by atoms with van der Waals surface area (Å²) in [7, 11) is 0. The SMILES string of the molecule is CCn1cc(NC(=O)NC[C@@H]2COc3ccccc3O2)nn1. The van der Waals surface area contributed by atoms with E-state index in [9.17, 15) is 4.79 Å². The van der Waals surface area contributed by atoms with Crippen LogP contribution in [0.1, 0.15) is 6.92 Å². The second kappa shape index (κ2) is 6.33. The van der Waals surface area contributed by atoms with E-state index in [1.165, 1.54) is 0 Å². The molecular formula is C14H17N5O3. The van der Waals surface area contributed by atoms with Gasteiger partial charge in [-0.05, 0) is 19.1 Å². The Labute approximate surface area is 127 Å². The lowest BCUT2D eigenvalue weighted by molar-refractivity contribution is 0.0922. The molecule has 1 aliphatic heterocycles. The largest absolute Gasteiger partial charge is 0.486 e. The smallest absolute Gasteiger partial charge is 0.320 e. The zero-order chi connectivity index (χ0) is 15.4. The van der Waals surface area contributed by atoms with E-state index < -0.39 is 0 Å². The van der Waals surface area contributed by atoms with Gasteiger partial charge in [-0.3, -0.25) is 10.00 Å². The third-order valence-electron chi connectivity index (χ3n) is 3.16. The summed E-state index contributed by atoms with van der Waals surface area (Å²) >= 11 is 0. The first-order valence-electron chi connectivity index (χ1n) is 7.08. The average molecular weight is 303 g/mol. The molecule has 0 bridgehead atoms. The number of amides is 2. The Morgan fingerprint density at radius 3 is 3.00 bits per heavy atom. The predicted molar refractivity (Wildman–Crippen MR) is 79.1 cm³/mol. The van der Waals surface area contributed by atoms with Gasteiger partial charge in [0.1, 0.15) is 6.61 Å². The Morgan fingerprint density at radius 2 is 2.23 bits per heavy atom. The molecule has 0 saturated heterocycles. The minimum Gasteiger partial charge on any atom is -0.486 e. The van der Waals surface area contributed by atoms with Crippen molar-refractivity contribution in [1.82, 2.24) is 20.3 Å². The molecule has 2 amide bonds. The molecule has 0 unspecified atom stereocenters. The highest BCUT2D eigenvalue weighted by Gasteiger charge is 2.21. The number of urea groups is 1. The Balaban J connectivity index is 1.47. The van der Waals surface area contributed by atoms with Gasteiger partial charge in [0.15, 0.2) is 23.4 Å². The molecule has 0 fully saturated rings. The molecule has 0 saturated carbocycles. The number of ether oxygens (including phenoxy) is 2. The quantitative estimate of drug-likeness (QED) is 0.887. The van der Waals surface area contributed by atoms with Gasteiger partial charge in [0.2, 0.25) is 0 Å². The lowest BCUT2D eigenvalue weighted by atomic mass is 10.2. The van der Waals surface area contributed by atoms with Crippen molar-refractivity contribution in [2.24, 2.45) is 0 Å². The molecule has 0 radical (unpaired) electrons. The fourth-order valence-electron chi connectivity index (χ4n) is 2.04. The summed E-state index contributed by atoms with van der Waals surface area (Å²) in [6, 6.07) is 7.10. The fraction of sp³-hybridized carbons (Fsp3) is 0.357. The van der Waals surface area contributed by atoms with E-state index in [1.807, 2.05) is 31.2 Å². The molecule has 1 aromatic heterocycles. The Bertz CT molecular complexity index is 657. The van der Waals surface area contributed by atoms with Gasteiger partial charge < -0.3 is 14.8 Å². The summed E-state index contributed by atoms with van der Waals surface area (Å²) in [6.45, 7) is 3.37. The van der Waals surface area contributed by atoms with Crippen molar-refractivity contribution >= 4 is 11.8 Å². The molecule has 0 spiro atoms. The van der Waals surface area contributed by atoms with Crippen LogP contribution in [-0.4, -0.2) is 40.3 Å². The van der Waals surface area contributed by atoms with Crippen LogP contribution in [0, 0.1) is 0 Å². The average Bonchev–Trinajstić information content (AvgIpc) is 3.00. The summed E-state index contributed by atoms with van der Waals surface area (Å²) in [5.41, 5.74) is 0. The molecule has 2 aromatic rings.